The minimum atomic E-state index is -0.729. The Hall–Kier alpha value is -3.26. The second kappa shape index (κ2) is 13.7. The first kappa shape index (κ1) is 28.7. The van der Waals surface area contributed by atoms with Crippen molar-refractivity contribution in [1.82, 2.24) is 15.0 Å². The van der Waals surface area contributed by atoms with Gasteiger partial charge < -0.3 is 14.6 Å². The number of nitrogens with zero attached hydrogens (tertiary/aromatic N) is 3. The quantitative estimate of drug-likeness (QED) is 0.151. The summed E-state index contributed by atoms with van der Waals surface area (Å²) in [6.07, 6.45) is 1.28. The van der Waals surface area contributed by atoms with Gasteiger partial charge in [-0.25, -0.2) is 4.68 Å². The van der Waals surface area contributed by atoms with Crippen LogP contribution in [0.15, 0.2) is 60.7 Å². The first-order valence-electron chi connectivity index (χ1n) is 13.5. The lowest BCUT2D eigenvalue weighted by atomic mass is 9.84. The van der Waals surface area contributed by atoms with Gasteiger partial charge in [-0.3, -0.25) is 4.79 Å². The average molecular weight is 550 g/mol. The molecule has 0 radical (unpaired) electrons. The lowest BCUT2D eigenvalue weighted by Crippen LogP contribution is -2.13. The van der Waals surface area contributed by atoms with Crippen LogP contribution >= 0.6 is 11.6 Å². The molecule has 0 amide bonds. The molecule has 0 saturated carbocycles. The highest BCUT2D eigenvalue weighted by Crippen LogP contribution is 2.36. The third-order valence-electron chi connectivity index (χ3n) is 6.93. The van der Waals surface area contributed by atoms with Gasteiger partial charge in [0.25, 0.3) is 0 Å². The van der Waals surface area contributed by atoms with Gasteiger partial charge in [-0.05, 0) is 73.6 Å². The van der Waals surface area contributed by atoms with Crippen molar-refractivity contribution >= 4 is 28.6 Å². The van der Waals surface area contributed by atoms with E-state index in [2.05, 4.69) is 22.4 Å². The van der Waals surface area contributed by atoms with Gasteiger partial charge in [-0.15, -0.1) is 5.10 Å². The van der Waals surface area contributed by atoms with Crippen LogP contribution in [0, 0.1) is 6.92 Å². The number of unbranched alkanes of at least 4 members (excludes halogenated alkanes) is 1. The fourth-order valence-electron chi connectivity index (χ4n) is 4.85. The summed E-state index contributed by atoms with van der Waals surface area (Å²) in [6.45, 7) is 7.85. The standard InChI is InChI=1S/C31H36ClN3O4/c1-4-39-30(37)19-27(24-12-14-28(32)26(18-24)22(3)36)25-13-15-29-31(21(25)2)33-34-35(29)16-8-9-17-38-20-23-10-6-5-7-11-23/h5-7,10-15,18,22,27,36H,4,8-9,16-17,19-20H2,1-3H3/t22-,27?/m0/s1. The number of esters is 1. The number of carbonyl (C=O) groups is 1. The van der Waals surface area contributed by atoms with Gasteiger partial charge in [-0.1, -0.05) is 65.3 Å². The molecule has 4 rings (SSSR count). The predicted molar refractivity (Wildman–Crippen MR) is 153 cm³/mol. The lowest BCUT2D eigenvalue weighted by molar-refractivity contribution is -0.143. The van der Waals surface area contributed by atoms with E-state index in [0.717, 1.165) is 47.1 Å². The average Bonchev–Trinajstić information content (AvgIpc) is 3.34. The Morgan fingerprint density at radius 2 is 1.87 bits per heavy atom. The number of rotatable bonds is 13. The molecule has 0 aliphatic heterocycles. The normalized spacial score (nSPS) is 12.9. The summed E-state index contributed by atoms with van der Waals surface area (Å²) in [5.41, 5.74) is 6.38. The maximum Gasteiger partial charge on any atom is 0.306 e. The van der Waals surface area contributed by atoms with Crippen molar-refractivity contribution in [2.45, 2.75) is 65.2 Å². The van der Waals surface area contributed by atoms with Crippen LogP contribution in [0.2, 0.25) is 5.02 Å². The summed E-state index contributed by atoms with van der Waals surface area (Å²) < 4.78 is 13.0. The van der Waals surface area contributed by atoms with E-state index in [0.29, 0.717) is 30.4 Å². The number of aromatic nitrogens is 3. The number of hydrogen-bond acceptors (Lipinski definition) is 6. The number of fused-ring (bicyclic) bond motifs is 1. The van der Waals surface area contributed by atoms with Crippen LogP contribution in [0.3, 0.4) is 0 Å². The van der Waals surface area contributed by atoms with E-state index in [9.17, 15) is 9.90 Å². The van der Waals surface area contributed by atoms with Crippen LogP contribution < -0.4 is 0 Å². The maximum atomic E-state index is 12.6. The van der Waals surface area contributed by atoms with Gasteiger partial charge in [0, 0.05) is 24.1 Å². The molecule has 2 atom stereocenters. The summed E-state index contributed by atoms with van der Waals surface area (Å²) in [4.78, 5) is 12.6. The first-order valence-corrected chi connectivity index (χ1v) is 13.8. The first-order chi connectivity index (χ1) is 18.9. The molecule has 0 aliphatic rings. The van der Waals surface area contributed by atoms with Gasteiger partial charge >= 0.3 is 5.97 Å². The Morgan fingerprint density at radius 3 is 2.62 bits per heavy atom. The fourth-order valence-corrected chi connectivity index (χ4v) is 5.12. The van der Waals surface area contributed by atoms with Crippen molar-refractivity contribution in [3.8, 4) is 0 Å². The fraction of sp³-hybridized carbons (Fsp3) is 0.387. The summed E-state index contributed by atoms with van der Waals surface area (Å²) in [5.74, 6) is -0.566. The van der Waals surface area contributed by atoms with E-state index < -0.39 is 6.10 Å². The number of aryl methyl sites for hydroxylation is 2. The number of benzene rings is 3. The molecule has 8 heteroatoms. The Morgan fingerprint density at radius 1 is 1.08 bits per heavy atom. The molecule has 0 spiro atoms. The van der Waals surface area contributed by atoms with Gasteiger partial charge in [-0.2, -0.15) is 0 Å². The van der Waals surface area contributed by atoms with E-state index in [1.165, 1.54) is 5.56 Å². The van der Waals surface area contributed by atoms with Crippen molar-refractivity contribution in [3.05, 3.63) is 93.5 Å². The molecule has 0 fully saturated rings. The third kappa shape index (κ3) is 7.24. The van der Waals surface area contributed by atoms with Crippen molar-refractivity contribution in [2.24, 2.45) is 0 Å². The van der Waals surface area contributed by atoms with Gasteiger partial charge in [0.15, 0.2) is 0 Å². The molecule has 0 aliphatic carbocycles. The molecule has 206 valence electrons. The zero-order valence-corrected chi connectivity index (χ0v) is 23.5. The number of hydrogen-bond donors (Lipinski definition) is 1. The van der Waals surface area contributed by atoms with Crippen LogP contribution in [0.25, 0.3) is 11.0 Å². The molecule has 7 nitrogen and oxygen atoms in total. The molecular formula is C31H36ClN3O4. The Labute approximate surface area is 234 Å². The van der Waals surface area contributed by atoms with E-state index in [1.807, 2.05) is 54.1 Å². The zero-order chi connectivity index (χ0) is 27.8. The van der Waals surface area contributed by atoms with Gasteiger partial charge in [0.05, 0.1) is 31.3 Å². The predicted octanol–water partition coefficient (Wildman–Crippen LogP) is 6.53. The topological polar surface area (TPSA) is 86.5 Å². The summed E-state index contributed by atoms with van der Waals surface area (Å²) in [7, 11) is 0. The lowest BCUT2D eigenvalue weighted by Gasteiger charge is -2.21. The number of carbonyl (C=O) groups excluding carboxylic acids is 1. The Bertz CT molecular complexity index is 1390. The minimum Gasteiger partial charge on any atom is -0.466 e. The van der Waals surface area contributed by atoms with Crippen LogP contribution in [0.5, 0.6) is 0 Å². The molecule has 4 aromatic rings. The monoisotopic (exact) mass is 549 g/mol. The van der Waals surface area contributed by atoms with E-state index in [4.69, 9.17) is 21.1 Å². The molecule has 0 bridgehead atoms. The molecule has 0 saturated heterocycles. The number of ether oxygens (including phenoxy) is 2. The molecule has 3 aromatic carbocycles. The highest BCUT2D eigenvalue weighted by atomic mass is 35.5. The molecule has 1 aromatic heterocycles. The third-order valence-corrected chi connectivity index (χ3v) is 7.27. The van der Waals surface area contributed by atoms with E-state index in [1.54, 1.807) is 19.9 Å². The minimum absolute atomic E-state index is 0.165. The van der Waals surface area contributed by atoms with Crippen molar-refractivity contribution in [2.75, 3.05) is 13.2 Å². The van der Waals surface area contributed by atoms with Gasteiger partial charge in [0.2, 0.25) is 0 Å². The molecule has 1 heterocycles. The summed E-state index contributed by atoms with van der Waals surface area (Å²) >= 11 is 6.33. The highest BCUT2D eigenvalue weighted by molar-refractivity contribution is 6.31. The summed E-state index contributed by atoms with van der Waals surface area (Å²) in [5, 5.41) is 19.6. The van der Waals surface area contributed by atoms with Crippen LogP contribution in [0.1, 0.15) is 72.9 Å². The number of aliphatic hydroxyl groups excluding tert-OH is 1. The maximum absolute atomic E-state index is 12.6. The number of aliphatic hydroxyl groups is 1. The van der Waals surface area contributed by atoms with E-state index >= 15 is 0 Å². The number of halogens is 1. The molecule has 1 unspecified atom stereocenters. The smallest absolute Gasteiger partial charge is 0.306 e. The van der Waals surface area contributed by atoms with Crippen LogP contribution in [-0.2, 0) is 27.4 Å². The second-order valence-corrected chi connectivity index (χ2v) is 10.1. The molecule has 1 N–H and O–H groups in total. The Balaban J connectivity index is 1.50. The Kier molecular flexibility index (Phi) is 10.1. The van der Waals surface area contributed by atoms with Crippen LogP contribution in [-0.4, -0.2) is 39.3 Å². The molecular weight excluding hydrogens is 514 g/mol. The molecule has 39 heavy (non-hydrogen) atoms. The van der Waals surface area contributed by atoms with E-state index in [-0.39, 0.29) is 18.3 Å². The highest BCUT2D eigenvalue weighted by Gasteiger charge is 2.24. The summed E-state index contributed by atoms with van der Waals surface area (Å²) in [6, 6.07) is 19.8. The van der Waals surface area contributed by atoms with Crippen molar-refractivity contribution in [3.63, 3.8) is 0 Å². The zero-order valence-electron chi connectivity index (χ0n) is 22.8. The van der Waals surface area contributed by atoms with Gasteiger partial charge in [0.1, 0.15) is 5.52 Å². The second-order valence-electron chi connectivity index (χ2n) is 9.72. The van der Waals surface area contributed by atoms with Crippen molar-refractivity contribution < 1.29 is 19.4 Å². The van der Waals surface area contributed by atoms with Crippen molar-refractivity contribution in [1.29, 1.82) is 0 Å². The van der Waals surface area contributed by atoms with Crippen LogP contribution in [0.4, 0.5) is 0 Å². The SMILES string of the molecule is CCOC(=O)CC(c1ccc(Cl)c([C@H](C)O)c1)c1ccc2c(nnn2CCCCOCc2ccccc2)c1C. The largest absolute Gasteiger partial charge is 0.466 e.